The third-order valence-corrected chi connectivity index (χ3v) is 4.04. The van der Waals surface area contributed by atoms with E-state index in [9.17, 15) is 4.79 Å². The van der Waals surface area contributed by atoms with Crippen LogP contribution in [0.3, 0.4) is 0 Å². The standard InChI is InChI=1S/C12H20O3/c1-3-15-7-10-5-9-4-8(10)6-11(9)12(13)14-2/h8-11H,3-7H2,1-2H3. The molecular formula is C12H20O3. The van der Waals surface area contributed by atoms with Gasteiger partial charge in [-0.3, -0.25) is 4.79 Å². The molecular weight excluding hydrogens is 192 g/mol. The van der Waals surface area contributed by atoms with Crippen LogP contribution in [0.1, 0.15) is 26.2 Å². The Hall–Kier alpha value is -0.570. The quantitative estimate of drug-likeness (QED) is 0.667. The molecule has 4 unspecified atom stereocenters. The summed E-state index contributed by atoms with van der Waals surface area (Å²) >= 11 is 0. The van der Waals surface area contributed by atoms with Crippen LogP contribution in [0.25, 0.3) is 0 Å². The molecule has 2 aliphatic carbocycles. The molecule has 0 amide bonds. The van der Waals surface area contributed by atoms with Crippen LogP contribution in [0.5, 0.6) is 0 Å². The molecule has 3 nitrogen and oxygen atoms in total. The third kappa shape index (κ3) is 2.03. The molecule has 0 aromatic rings. The van der Waals surface area contributed by atoms with Gasteiger partial charge >= 0.3 is 5.97 Å². The van der Waals surface area contributed by atoms with Gasteiger partial charge in [0.15, 0.2) is 0 Å². The van der Waals surface area contributed by atoms with Gasteiger partial charge in [0.05, 0.1) is 13.0 Å². The van der Waals surface area contributed by atoms with Crippen molar-refractivity contribution in [2.24, 2.45) is 23.7 Å². The van der Waals surface area contributed by atoms with Crippen molar-refractivity contribution in [1.82, 2.24) is 0 Å². The van der Waals surface area contributed by atoms with Gasteiger partial charge in [0.1, 0.15) is 0 Å². The van der Waals surface area contributed by atoms with Crippen molar-refractivity contribution < 1.29 is 14.3 Å². The number of fused-ring (bicyclic) bond motifs is 2. The van der Waals surface area contributed by atoms with Crippen LogP contribution in [0.15, 0.2) is 0 Å². The Morgan fingerprint density at radius 2 is 2.07 bits per heavy atom. The fourth-order valence-corrected chi connectivity index (χ4v) is 3.31. The smallest absolute Gasteiger partial charge is 0.308 e. The third-order valence-electron chi connectivity index (χ3n) is 4.04. The van der Waals surface area contributed by atoms with Gasteiger partial charge in [-0.25, -0.2) is 0 Å². The van der Waals surface area contributed by atoms with Crippen LogP contribution in [0.4, 0.5) is 0 Å². The zero-order valence-corrected chi connectivity index (χ0v) is 9.57. The summed E-state index contributed by atoms with van der Waals surface area (Å²) in [5.41, 5.74) is 0. The van der Waals surface area contributed by atoms with E-state index in [1.165, 1.54) is 13.5 Å². The molecule has 0 heterocycles. The molecule has 4 atom stereocenters. The summed E-state index contributed by atoms with van der Waals surface area (Å²) in [6.07, 6.45) is 3.39. The van der Waals surface area contributed by atoms with E-state index in [0.717, 1.165) is 26.1 Å². The average molecular weight is 212 g/mol. The first-order chi connectivity index (χ1) is 7.26. The average Bonchev–Trinajstić information content (AvgIpc) is 2.84. The van der Waals surface area contributed by atoms with Crippen LogP contribution in [0.2, 0.25) is 0 Å². The molecule has 0 aromatic carbocycles. The molecule has 86 valence electrons. The summed E-state index contributed by atoms with van der Waals surface area (Å²) in [4.78, 5) is 11.5. The van der Waals surface area contributed by atoms with Crippen LogP contribution in [0, 0.1) is 23.7 Å². The number of carbonyl (C=O) groups is 1. The number of ether oxygens (including phenoxy) is 2. The molecule has 2 aliphatic rings. The van der Waals surface area contributed by atoms with E-state index in [0.29, 0.717) is 17.8 Å². The van der Waals surface area contributed by atoms with Crippen LogP contribution >= 0.6 is 0 Å². The zero-order chi connectivity index (χ0) is 10.8. The summed E-state index contributed by atoms with van der Waals surface area (Å²) in [5, 5.41) is 0. The Labute approximate surface area is 91.1 Å². The predicted octanol–water partition coefficient (Wildman–Crippen LogP) is 1.86. The monoisotopic (exact) mass is 212 g/mol. The number of hydrogen-bond donors (Lipinski definition) is 0. The van der Waals surface area contributed by atoms with Gasteiger partial charge in [0, 0.05) is 13.2 Å². The first-order valence-electron chi connectivity index (χ1n) is 5.91. The van der Waals surface area contributed by atoms with Crippen molar-refractivity contribution in [2.75, 3.05) is 20.3 Å². The Morgan fingerprint density at radius 3 is 2.60 bits per heavy atom. The topological polar surface area (TPSA) is 35.5 Å². The molecule has 2 saturated carbocycles. The number of rotatable bonds is 4. The Bertz CT molecular complexity index is 239. The van der Waals surface area contributed by atoms with Gasteiger partial charge in [-0.15, -0.1) is 0 Å². The molecule has 2 fully saturated rings. The maximum Gasteiger partial charge on any atom is 0.308 e. The first kappa shape index (κ1) is 10.9. The van der Waals surface area contributed by atoms with Gasteiger partial charge in [0.25, 0.3) is 0 Å². The Morgan fingerprint density at radius 1 is 1.27 bits per heavy atom. The molecule has 0 N–H and O–H groups in total. The number of esters is 1. The van der Waals surface area contributed by atoms with Crippen LogP contribution < -0.4 is 0 Å². The first-order valence-corrected chi connectivity index (χ1v) is 5.91. The Kier molecular flexibility index (Phi) is 3.29. The fourth-order valence-electron chi connectivity index (χ4n) is 3.31. The van der Waals surface area contributed by atoms with Crippen molar-refractivity contribution in [3.8, 4) is 0 Å². The van der Waals surface area contributed by atoms with Crippen LogP contribution in [-0.2, 0) is 14.3 Å². The second kappa shape index (κ2) is 4.52. The molecule has 0 radical (unpaired) electrons. The molecule has 2 rings (SSSR count). The minimum atomic E-state index is -0.00244. The molecule has 2 bridgehead atoms. The maximum atomic E-state index is 11.5. The van der Waals surface area contributed by atoms with E-state index >= 15 is 0 Å². The fraction of sp³-hybridized carbons (Fsp3) is 0.917. The van der Waals surface area contributed by atoms with Gasteiger partial charge in [0.2, 0.25) is 0 Å². The van der Waals surface area contributed by atoms with E-state index in [2.05, 4.69) is 0 Å². The predicted molar refractivity (Wildman–Crippen MR) is 56.3 cm³/mol. The molecule has 0 spiro atoms. The lowest BCUT2D eigenvalue weighted by molar-refractivity contribution is -0.147. The zero-order valence-electron chi connectivity index (χ0n) is 9.57. The number of hydrogen-bond acceptors (Lipinski definition) is 3. The van der Waals surface area contributed by atoms with E-state index < -0.39 is 0 Å². The van der Waals surface area contributed by atoms with Crippen LogP contribution in [-0.4, -0.2) is 26.3 Å². The van der Waals surface area contributed by atoms with Gasteiger partial charge in [-0.1, -0.05) is 0 Å². The maximum absolute atomic E-state index is 11.5. The molecule has 3 heteroatoms. The van der Waals surface area contributed by atoms with Crippen molar-refractivity contribution in [3.05, 3.63) is 0 Å². The van der Waals surface area contributed by atoms with E-state index in [-0.39, 0.29) is 11.9 Å². The highest BCUT2D eigenvalue weighted by Gasteiger charge is 2.48. The van der Waals surface area contributed by atoms with Crippen molar-refractivity contribution in [1.29, 1.82) is 0 Å². The van der Waals surface area contributed by atoms with Crippen molar-refractivity contribution in [3.63, 3.8) is 0 Å². The lowest BCUT2D eigenvalue weighted by Crippen LogP contribution is -2.27. The summed E-state index contributed by atoms with van der Waals surface area (Å²) in [6.45, 7) is 3.71. The highest BCUT2D eigenvalue weighted by Crippen LogP contribution is 2.52. The molecule has 0 aliphatic heterocycles. The number of methoxy groups -OCH3 is 1. The minimum Gasteiger partial charge on any atom is -0.469 e. The molecule has 0 aromatic heterocycles. The van der Waals surface area contributed by atoms with E-state index in [4.69, 9.17) is 9.47 Å². The van der Waals surface area contributed by atoms with Crippen molar-refractivity contribution >= 4 is 5.97 Å². The largest absolute Gasteiger partial charge is 0.469 e. The van der Waals surface area contributed by atoms with Gasteiger partial charge < -0.3 is 9.47 Å². The minimum absolute atomic E-state index is 0.00244. The highest BCUT2D eigenvalue weighted by molar-refractivity contribution is 5.73. The lowest BCUT2D eigenvalue weighted by Gasteiger charge is -2.26. The van der Waals surface area contributed by atoms with Gasteiger partial charge in [-0.05, 0) is 43.9 Å². The summed E-state index contributed by atoms with van der Waals surface area (Å²) in [6, 6.07) is 0. The highest BCUT2D eigenvalue weighted by atomic mass is 16.5. The Balaban J connectivity index is 1.86. The van der Waals surface area contributed by atoms with E-state index in [1.807, 2.05) is 6.92 Å². The second-order valence-electron chi connectivity index (χ2n) is 4.78. The molecule has 0 saturated heterocycles. The lowest BCUT2D eigenvalue weighted by atomic mass is 9.82. The van der Waals surface area contributed by atoms with Crippen molar-refractivity contribution in [2.45, 2.75) is 26.2 Å². The number of carbonyl (C=O) groups excluding carboxylic acids is 1. The summed E-state index contributed by atoms with van der Waals surface area (Å²) in [7, 11) is 1.49. The summed E-state index contributed by atoms with van der Waals surface area (Å²) < 4.78 is 10.3. The molecule has 15 heavy (non-hydrogen) atoms. The van der Waals surface area contributed by atoms with Gasteiger partial charge in [-0.2, -0.15) is 0 Å². The normalized spacial score (nSPS) is 38.3. The SMILES string of the molecule is CCOCC1CC2CC1CC2C(=O)OC. The second-order valence-corrected chi connectivity index (χ2v) is 4.78. The van der Waals surface area contributed by atoms with E-state index in [1.54, 1.807) is 0 Å². The summed E-state index contributed by atoms with van der Waals surface area (Å²) in [5.74, 6) is 2.13.